The van der Waals surface area contributed by atoms with Gasteiger partial charge in [-0.05, 0) is 45.0 Å². The lowest BCUT2D eigenvalue weighted by Crippen LogP contribution is -2.23. The third-order valence-electron chi connectivity index (χ3n) is 8.94. The average molecular weight is 935 g/mol. The Hall–Kier alpha value is -6.36. The summed E-state index contributed by atoms with van der Waals surface area (Å²) in [5, 5.41) is 14.8. The minimum atomic E-state index is -3.35. The molecule has 25 heteroatoms. The fraction of sp³-hybridized carbons (Fsp3) is 0.462. The van der Waals surface area contributed by atoms with Crippen LogP contribution in [0.2, 0.25) is 0 Å². The molecular weight excluding hydrogens is 887 g/mol. The van der Waals surface area contributed by atoms with E-state index in [9.17, 15) is 33.3 Å². The van der Waals surface area contributed by atoms with Gasteiger partial charge in [0.25, 0.3) is 5.91 Å². The summed E-state index contributed by atoms with van der Waals surface area (Å²) in [7, 11) is -3.35. The summed E-state index contributed by atoms with van der Waals surface area (Å²) in [4.78, 5) is 73.7. The van der Waals surface area contributed by atoms with Gasteiger partial charge in [-0.15, -0.1) is 11.3 Å². The molecule has 0 radical (unpaired) electrons. The number of aromatic nitrogens is 1. The van der Waals surface area contributed by atoms with Crippen molar-refractivity contribution in [3.05, 3.63) is 58.6 Å². The van der Waals surface area contributed by atoms with Crippen LogP contribution in [0.5, 0.6) is 23.0 Å². The fourth-order valence-electron chi connectivity index (χ4n) is 5.99. The minimum absolute atomic E-state index is 0.0242. The monoisotopic (exact) mass is 934 g/mol. The molecule has 4 fully saturated rings. The van der Waals surface area contributed by atoms with Crippen LogP contribution in [0.25, 0.3) is 0 Å². The molecule has 4 saturated heterocycles. The highest BCUT2D eigenvalue weighted by Crippen LogP contribution is 2.51. The number of ketones is 1. The Morgan fingerprint density at radius 3 is 1.36 bits per heavy atom. The summed E-state index contributed by atoms with van der Waals surface area (Å²) >= 11 is 1.16. The maximum Gasteiger partial charge on any atom is 0.407 e. The Kier molecular flexibility index (Phi) is 16.4. The van der Waals surface area contributed by atoms with Crippen LogP contribution in [0, 0.1) is 0 Å². The molecule has 5 N–H and O–H groups in total. The van der Waals surface area contributed by atoms with Crippen molar-refractivity contribution in [2.24, 2.45) is 0 Å². The van der Waals surface area contributed by atoms with Gasteiger partial charge in [-0.1, -0.05) is 0 Å². The van der Waals surface area contributed by atoms with Gasteiger partial charge in [-0.2, -0.15) is 0 Å². The number of hydrogen-bond acceptors (Lipinski definition) is 19. The molecule has 4 aliphatic rings. The molecule has 23 nitrogen and oxygen atoms in total. The largest absolute Gasteiger partial charge is 0.489 e. The van der Waals surface area contributed by atoms with E-state index in [1.807, 2.05) is 0 Å². The van der Waals surface area contributed by atoms with Crippen molar-refractivity contribution in [1.82, 2.24) is 26.3 Å². The Balaban J connectivity index is 0.000000234. The zero-order chi connectivity index (χ0) is 45.6. The maximum atomic E-state index is 13.1. The molecule has 346 valence electrons. The first-order valence-corrected chi connectivity index (χ1v) is 22.6. The van der Waals surface area contributed by atoms with Gasteiger partial charge < -0.3 is 68.2 Å². The molecule has 4 aliphatic heterocycles. The molecule has 5 amide bonds. The molecule has 0 bridgehead atoms. The van der Waals surface area contributed by atoms with Crippen molar-refractivity contribution in [1.29, 1.82) is 0 Å². The van der Waals surface area contributed by atoms with Crippen LogP contribution >= 0.6 is 18.9 Å². The Bertz CT molecular complexity index is 2120. The summed E-state index contributed by atoms with van der Waals surface area (Å²) in [5.41, 5.74) is 1.09. The first kappa shape index (κ1) is 47.1. The predicted molar refractivity (Wildman–Crippen MR) is 223 cm³/mol. The topological polar surface area (TPSA) is 285 Å². The van der Waals surface area contributed by atoms with Crippen molar-refractivity contribution < 1.29 is 80.3 Å². The van der Waals surface area contributed by atoms with Crippen LogP contribution in [-0.2, 0) is 38.7 Å². The number of nitrogens with zero attached hydrogens (tertiary/aromatic N) is 1. The van der Waals surface area contributed by atoms with Crippen molar-refractivity contribution >= 4 is 60.1 Å². The second kappa shape index (κ2) is 22.3. The van der Waals surface area contributed by atoms with Gasteiger partial charge in [-0.25, -0.2) is 24.2 Å². The van der Waals surface area contributed by atoms with Crippen molar-refractivity contribution in [3.63, 3.8) is 0 Å². The molecule has 4 atom stereocenters. The highest BCUT2D eigenvalue weighted by Gasteiger charge is 2.28. The molecule has 7 rings (SSSR count). The number of Topliss-reactive ketones (excluding diaryl/α,β-unsaturated/α-hetero) is 1. The fourth-order valence-corrected chi connectivity index (χ4v) is 8.43. The van der Waals surface area contributed by atoms with Gasteiger partial charge in [0.05, 0.1) is 51.2 Å². The first-order chi connectivity index (χ1) is 30.7. The normalized spacial score (nSPS) is 19.9. The van der Waals surface area contributed by atoms with E-state index in [1.54, 1.807) is 43.5 Å². The van der Waals surface area contributed by atoms with Crippen molar-refractivity contribution in [3.8, 4) is 23.0 Å². The summed E-state index contributed by atoms with van der Waals surface area (Å²) in [6, 6.07) is 9.41. The van der Waals surface area contributed by atoms with Crippen LogP contribution in [0.4, 0.5) is 24.3 Å². The van der Waals surface area contributed by atoms with E-state index >= 15 is 0 Å². The van der Waals surface area contributed by atoms with E-state index in [2.05, 4.69) is 31.6 Å². The predicted octanol–water partition coefficient (Wildman–Crippen LogP) is 4.00. The van der Waals surface area contributed by atoms with Gasteiger partial charge in [0, 0.05) is 28.6 Å². The van der Waals surface area contributed by atoms with Crippen LogP contribution in [0.1, 0.15) is 47.2 Å². The zero-order valence-corrected chi connectivity index (χ0v) is 36.6. The Labute approximate surface area is 369 Å². The molecule has 0 aliphatic carbocycles. The molecule has 1 aromatic heterocycles. The van der Waals surface area contributed by atoms with Crippen molar-refractivity contribution in [2.45, 2.75) is 51.3 Å². The van der Waals surface area contributed by atoms with Crippen molar-refractivity contribution in [2.75, 3.05) is 71.1 Å². The van der Waals surface area contributed by atoms with Crippen LogP contribution in [0.3, 0.4) is 0 Å². The molecular formula is C39H47N6O17PS. The number of benzene rings is 2. The number of carbonyl (C=O) groups is 6. The first-order valence-electron chi connectivity index (χ1n) is 20.0. The van der Waals surface area contributed by atoms with Crippen LogP contribution in [-0.4, -0.2) is 131 Å². The highest BCUT2D eigenvalue weighted by atomic mass is 32.1. The third-order valence-corrected chi connectivity index (χ3v) is 11.8. The smallest absolute Gasteiger partial charge is 0.407 e. The Morgan fingerprint density at radius 1 is 0.656 bits per heavy atom. The lowest BCUT2D eigenvalue weighted by atomic mass is 10.1. The SMILES string of the molecule is CC(=O)c1cc(OCC2CNC(=O)O2)cc(OCC2CNC(=O)O2)c1.CCOP(=O)(Cc1csc(NC(=O)c2cc(OCC3CNC(=O)O3)cc(OCC3CNC(=O)O3)c2)n1)OCC. The lowest BCUT2D eigenvalue weighted by Gasteiger charge is -2.15. The van der Waals surface area contributed by atoms with Gasteiger partial charge in [0.1, 0.15) is 49.4 Å². The number of cyclic esters (lactones) is 4. The number of anilines is 1. The number of thiazole rings is 1. The lowest BCUT2D eigenvalue weighted by molar-refractivity contribution is 0.0992. The molecule has 5 heterocycles. The van der Waals surface area contributed by atoms with Gasteiger partial charge in [-0.3, -0.25) is 19.5 Å². The molecule has 2 aromatic carbocycles. The quantitative estimate of drug-likeness (QED) is 0.0573. The second-order valence-electron chi connectivity index (χ2n) is 14.0. The number of nitrogens with one attached hydrogen (secondary N) is 5. The van der Waals surface area contributed by atoms with Crippen LogP contribution < -0.4 is 45.5 Å². The van der Waals surface area contributed by atoms with E-state index in [4.69, 9.17) is 46.9 Å². The summed E-state index contributed by atoms with van der Waals surface area (Å²) < 4.78 is 66.3. The highest BCUT2D eigenvalue weighted by molar-refractivity contribution is 7.53. The number of carbonyl (C=O) groups excluding carboxylic acids is 6. The minimum Gasteiger partial charge on any atom is -0.489 e. The number of ether oxygens (including phenoxy) is 8. The molecule has 64 heavy (non-hydrogen) atoms. The van der Waals surface area contributed by atoms with E-state index in [0.717, 1.165) is 11.3 Å². The summed E-state index contributed by atoms with van der Waals surface area (Å²) in [5.74, 6) is 0.817. The standard InChI is InChI=1S/C23H29N4O10PS.C16H18N2O7/c1-3-34-38(31,35-4-2)12-15-13-39-21(26-15)27-20(28)14-5-16(32-10-18-8-24-22(29)36-18)7-17(6-14)33-11-19-9-25-23(30)37-19;1-9(19)10-2-11(22-7-13-5-17-15(20)24-13)4-12(3-10)23-8-14-6-18-16(21)25-14/h5-7,13,18-19H,3-4,8-12H2,1-2H3,(H,24,29)(H,25,30)(H,26,27,28);2-4,13-14H,5-8H2,1H3,(H,17,20)(H,18,21). The number of hydrogen-bond donors (Lipinski definition) is 5. The van der Waals surface area contributed by atoms with Crippen LogP contribution in [0.15, 0.2) is 41.8 Å². The van der Waals surface area contributed by atoms with Gasteiger partial charge in [0.2, 0.25) is 0 Å². The molecule has 0 saturated carbocycles. The van der Waals surface area contributed by atoms with E-state index in [-0.39, 0.29) is 74.5 Å². The number of amides is 5. The molecule has 0 spiro atoms. The Morgan fingerprint density at radius 2 is 1.03 bits per heavy atom. The zero-order valence-electron chi connectivity index (χ0n) is 34.9. The maximum absolute atomic E-state index is 13.1. The average Bonchev–Trinajstić information content (AvgIpc) is 4.13. The number of rotatable bonds is 21. The summed E-state index contributed by atoms with van der Waals surface area (Å²) in [6.45, 7) is 7.12. The summed E-state index contributed by atoms with van der Waals surface area (Å²) in [6.07, 6.45) is -3.77. The third kappa shape index (κ3) is 14.3. The number of alkyl carbamates (subject to hydrolysis) is 4. The van der Waals surface area contributed by atoms with E-state index < -0.39 is 50.1 Å². The molecule has 4 unspecified atom stereocenters. The second-order valence-corrected chi connectivity index (χ2v) is 16.9. The van der Waals surface area contributed by atoms with E-state index in [0.29, 0.717) is 60.4 Å². The van der Waals surface area contributed by atoms with Gasteiger partial charge in [0.15, 0.2) is 35.3 Å². The van der Waals surface area contributed by atoms with Gasteiger partial charge >= 0.3 is 32.0 Å². The van der Waals surface area contributed by atoms with E-state index in [1.165, 1.54) is 19.1 Å². The molecule has 3 aromatic rings.